The summed E-state index contributed by atoms with van der Waals surface area (Å²) in [5.74, 6) is 0.0809. The summed E-state index contributed by atoms with van der Waals surface area (Å²) in [5, 5.41) is 4.14. The van der Waals surface area contributed by atoms with Gasteiger partial charge in [0.2, 0.25) is 5.91 Å². The molecule has 94 valence electrons. The summed E-state index contributed by atoms with van der Waals surface area (Å²) in [7, 11) is 0. The molecule has 1 unspecified atom stereocenters. The van der Waals surface area contributed by atoms with Crippen LogP contribution < -0.4 is 11.1 Å². The van der Waals surface area contributed by atoms with E-state index in [1.807, 2.05) is 42.0 Å². The van der Waals surface area contributed by atoms with E-state index in [4.69, 9.17) is 5.73 Å². The number of amides is 1. The molecule has 1 heterocycles. The second kappa shape index (κ2) is 4.05. The Hall–Kier alpha value is -1.97. The number of aromatic nitrogens is 1. The van der Waals surface area contributed by atoms with Crippen LogP contribution in [0.3, 0.4) is 0 Å². The molecule has 4 nitrogen and oxygen atoms in total. The molecule has 1 saturated carbocycles. The number of nitrogens with zero attached hydrogens (tertiary/aromatic N) is 1. The van der Waals surface area contributed by atoms with Crippen molar-refractivity contribution in [3.8, 4) is 0 Å². The molecule has 0 saturated heterocycles. The number of rotatable bonds is 3. The van der Waals surface area contributed by atoms with E-state index in [9.17, 15) is 4.79 Å². The average molecular weight is 243 g/mol. The van der Waals surface area contributed by atoms with E-state index in [1.54, 1.807) is 0 Å². The highest BCUT2D eigenvalue weighted by Gasteiger charge is 2.26. The molecule has 2 aromatic rings. The zero-order chi connectivity index (χ0) is 12.7. The van der Waals surface area contributed by atoms with Crippen LogP contribution in [0.15, 0.2) is 30.5 Å². The number of anilines is 1. The lowest BCUT2D eigenvalue weighted by atomic mass is 10.2. The van der Waals surface area contributed by atoms with E-state index in [1.165, 1.54) is 0 Å². The molecule has 1 amide bonds. The highest BCUT2D eigenvalue weighted by molar-refractivity contribution is 5.87. The molecule has 0 aliphatic heterocycles. The monoisotopic (exact) mass is 243 g/mol. The number of hydrogen-bond donors (Lipinski definition) is 2. The lowest BCUT2D eigenvalue weighted by Gasteiger charge is -2.15. The highest BCUT2D eigenvalue weighted by atomic mass is 16.2. The first kappa shape index (κ1) is 11.1. The molecule has 4 heteroatoms. The van der Waals surface area contributed by atoms with Crippen LogP contribution in [0.5, 0.6) is 0 Å². The number of nitrogens with one attached hydrogen (secondary N) is 1. The van der Waals surface area contributed by atoms with Crippen molar-refractivity contribution in [2.24, 2.45) is 0 Å². The summed E-state index contributed by atoms with van der Waals surface area (Å²) >= 11 is 0. The van der Waals surface area contributed by atoms with Gasteiger partial charge in [-0.3, -0.25) is 4.79 Å². The Balaban J connectivity index is 1.92. The van der Waals surface area contributed by atoms with Crippen molar-refractivity contribution < 1.29 is 4.79 Å². The fourth-order valence-corrected chi connectivity index (χ4v) is 2.18. The van der Waals surface area contributed by atoms with Crippen molar-refractivity contribution in [1.82, 2.24) is 9.88 Å². The van der Waals surface area contributed by atoms with E-state index in [2.05, 4.69) is 5.32 Å². The van der Waals surface area contributed by atoms with Gasteiger partial charge in [0.05, 0.1) is 5.52 Å². The van der Waals surface area contributed by atoms with Gasteiger partial charge in [0, 0.05) is 17.9 Å². The lowest BCUT2D eigenvalue weighted by Crippen LogP contribution is -2.32. The lowest BCUT2D eigenvalue weighted by molar-refractivity contribution is -0.123. The third-order valence-corrected chi connectivity index (χ3v) is 3.47. The van der Waals surface area contributed by atoms with Crippen LogP contribution in [-0.4, -0.2) is 16.5 Å². The first-order chi connectivity index (χ1) is 8.65. The van der Waals surface area contributed by atoms with Crippen LogP contribution in [0.25, 0.3) is 10.9 Å². The van der Waals surface area contributed by atoms with Gasteiger partial charge in [-0.25, -0.2) is 0 Å². The average Bonchev–Trinajstić information content (AvgIpc) is 3.06. The van der Waals surface area contributed by atoms with Gasteiger partial charge in [-0.2, -0.15) is 0 Å². The molecule has 0 bridgehead atoms. The number of benzene rings is 1. The number of carbonyl (C=O) groups excluding carboxylic acids is 1. The van der Waals surface area contributed by atoms with Crippen molar-refractivity contribution in [2.45, 2.75) is 31.8 Å². The molecule has 18 heavy (non-hydrogen) atoms. The predicted molar refractivity (Wildman–Crippen MR) is 72.2 cm³/mol. The first-order valence-electron chi connectivity index (χ1n) is 6.31. The maximum absolute atomic E-state index is 12.1. The third-order valence-electron chi connectivity index (χ3n) is 3.47. The minimum Gasteiger partial charge on any atom is -0.399 e. The molecule has 1 aromatic carbocycles. The van der Waals surface area contributed by atoms with E-state index in [-0.39, 0.29) is 11.9 Å². The fraction of sp³-hybridized carbons (Fsp3) is 0.357. The summed E-state index contributed by atoms with van der Waals surface area (Å²) in [4.78, 5) is 12.1. The van der Waals surface area contributed by atoms with E-state index < -0.39 is 0 Å². The maximum Gasteiger partial charge on any atom is 0.242 e. The van der Waals surface area contributed by atoms with Crippen molar-refractivity contribution in [3.05, 3.63) is 30.5 Å². The highest BCUT2D eigenvalue weighted by Crippen LogP contribution is 2.24. The molecule has 1 aliphatic carbocycles. The minimum absolute atomic E-state index is 0.0809. The summed E-state index contributed by atoms with van der Waals surface area (Å²) in [6.07, 6.45) is 4.16. The van der Waals surface area contributed by atoms with E-state index in [0.29, 0.717) is 6.04 Å². The van der Waals surface area contributed by atoms with Gasteiger partial charge in [0.1, 0.15) is 6.04 Å². The van der Waals surface area contributed by atoms with Crippen molar-refractivity contribution in [2.75, 3.05) is 5.73 Å². The molecule has 0 spiro atoms. The number of hydrogen-bond acceptors (Lipinski definition) is 2. The van der Waals surface area contributed by atoms with Crippen LogP contribution in [0, 0.1) is 0 Å². The zero-order valence-corrected chi connectivity index (χ0v) is 10.4. The molecule has 0 radical (unpaired) electrons. The summed E-state index contributed by atoms with van der Waals surface area (Å²) in [6.45, 7) is 1.92. The molecule has 1 atom stereocenters. The third kappa shape index (κ3) is 1.94. The molecule has 1 fully saturated rings. The molecular weight excluding hydrogens is 226 g/mol. The van der Waals surface area contributed by atoms with Gasteiger partial charge in [0.15, 0.2) is 0 Å². The van der Waals surface area contributed by atoms with E-state index in [0.717, 1.165) is 29.4 Å². The van der Waals surface area contributed by atoms with Gasteiger partial charge in [-0.1, -0.05) is 6.07 Å². The first-order valence-corrected chi connectivity index (χ1v) is 6.31. The van der Waals surface area contributed by atoms with Gasteiger partial charge in [-0.15, -0.1) is 0 Å². The fourth-order valence-electron chi connectivity index (χ4n) is 2.18. The van der Waals surface area contributed by atoms with Crippen LogP contribution in [-0.2, 0) is 4.79 Å². The van der Waals surface area contributed by atoms with Gasteiger partial charge in [0.25, 0.3) is 0 Å². The number of carbonyl (C=O) groups is 1. The van der Waals surface area contributed by atoms with Crippen LogP contribution in [0.2, 0.25) is 0 Å². The van der Waals surface area contributed by atoms with E-state index >= 15 is 0 Å². The summed E-state index contributed by atoms with van der Waals surface area (Å²) in [5.41, 5.74) is 7.53. The second-order valence-electron chi connectivity index (χ2n) is 5.00. The molecule has 3 rings (SSSR count). The molecule has 1 aromatic heterocycles. The molecule has 1 aliphatic rings. The summed E-state index contributed by atoms with van der Waals surface area (Å²) < 4.78 is 1.98. The summed E-state index contributed by atoms with van der Waals surface area (Å²) in [6, 6.07) is 7.97. The van der Waals surface area contributed by atoms with Gasteiger partial charge < -0.3 is 15.6 Å². The van der Waals surface area contributed by atoms with Crippen molar-refractivity contribution in [3.63, 3.8) is 0 Å². The Bertz CT molecular complexity index is 598. The minimum atomic E-state index is -0.204. The van der Waals surface area contributed by atoms with Crippen LogP contribution in [0.1, 0.15) is 25.8 Å². The number of fused-ring (bicyclic) bond motifs is 1. The molecule has 3 N–H and O–H groups in total. The SMILES string of the molecule is CC(C(=O)NC1CC1)n1ccc2ccc(N)cc21. The van der Waals surface area contributed by atoms with Gasteiger partial charge in [-0.05, 0) is 43.4 Å². The Kier molecular flexibility index (Phi) is 2.51. The Morgan fingerprint density at radius 2 is 2.22 bits per heavy atom. The second-order valence-corrected chi connectivity index (χ2v) is 5.00. The Labute approximate surface area is 106 Å². The quantitative estimate of drug-likeness (QED) is 0.811. The van der Waals surface area contributed by atoms with Crippen molar-refractivity contribution in [1.29, 1.82) is 0 Å². The smallest absolute Gasteiger partial charge is 0.242 e. The van der Waals surface area contributed by atoms with Gasteiger partial charge >= 0.3 is 0 Å². The predicted octanol–water partition coefficient (Wildman–Crippen LogP) is 2.06. The van der Waals surface area contributed by atoms with Crippen LogP contribution in [0.4, 0.5) is 5.69 Å². The topological polar surface area (TPSA) is 60.0 Å². The molecular formula is C14H17N3O. The van der Waals surface area contributed by atoms with Crippen molar-refractivity contribution >= 4 is 22.5 Å². The Morgan fingerprint density at radius 3 is 2.94 bits per heavy atom. The maximum atomic E-state index is 12.1. The Morgan fingerprint density at radius 1 is 1.44 bits per heavy atom. The zero-order valence-electron chi connectivity index (χ0n) is 10.4. The number of nitrogens with two attached hydrogens (primary N) is 1. The number of nitrogen functional groups attached to an aromatic ring is 1. The van der Waals surface area contributed by atoms with Crippen LogP contribution >= 0.6 is 0 Å². The standard InChI is InChI=1S/C14H17N3O/c1-9(14(18)16-12-4-5-12)17-7-6-10-2-3-11(15)8-13(10)17/h2-3,6-9,12H,4-5,15H2,1H3,(H,16,18). The normalized spacial score (nSPS) is 16.7. The largest absolute Gasteiger partial charge is 0.399 e.